The van der Waals surface area contributed by atoms with Gasteiger partial charge < -0.3 is 10.6 Å². The molecular formula is C12H18N4. The average Bonchev–Trinajstić information content (AvgIpc) is 2.38. The van der Waals surface area contributed by atoms with Crippen LogP contribution in [-0.4, -0.2) is 22.1 Å². The number of anilines is 2. The minimum Gasteiger partial charge on any atom is -0.367 e. The van der Waals surface area contributed by atoms with Gasteiger partial charge in [0.15, 0.2) is 0 Å². The molecule has 0 spiro atoms. The van der Waals surface area contributed by atoms with Crippen molar-refractivity contribution < 1.29 is 0 Å². The van der Waals surface area contributed by atoms with E-state index in [-0.39, 0.29) is 0 Å². The molecule has 1 saturated carbocycles. The van der Waals surface area contributed by atoms with Gasteiger partial charge in [0.05, 0.1) is 0 Å². The number of hydrogen-bond acceptors (Lipinski definition) is 4. The van der Waals surface area contributed by atoms with Crippen molar-refractivity contribution in [3.63, 3.8) is 0 Å². The zero-order valence-corrected chi connectivity index (χ0v) is 9.88. The number of fused-ring (bicyclic) bond motifs is 2. The molecule has 4 bridgehead atoms. The lowest BCUT2D eigenvalue weighted by Gasteiger charge is -2.27. The molecule has 1 aromatic rings. The zero-order chi connectivity index (χ0) is 11.1. The predicted molar refractivity (Wildman–Crippen MR) is 64.8 cm³/mol. The Morgan fingerprint density at radius 1 is 0.938 bits per heavy atom. The number of rotatable bonds is 0. The molecule has 0 saturated heterocycles. The van der Waals surface area contributed by atoms with Gasteiger partial charge in [-0.1, -0.05) is 0 Å². The summed E-state index contributed by atoms with van der Waals surface area (Å²) in [5.74, 6) is 1.81. The van der Waals surface area contributed by atoms with Crippen molar-refractivity contribution in [2.24, 2.45) is 0 Å². The Bertz CT molecular complexity index is 408. The van der Waals surface area contributed by atoms with Gasteiger partial charge in [-0.25, -0.2) is 4.98 Å². The van der Waals surface area contributed by atoms with E-state index in [0.29, 0.717) is 12.1 Å². The molecule has 3 heterocycles. The Kier molecular flexibility index (Phi) is 2.23. The van der Waals surface area contributed by atoms with Gasteiger partial charge in [0.2, 0.25) is 5.95 Å². The highest BCUT2D eigenvalue weighted by atomic mass is 15.2. The number of nitrogens with one attached hydrogen (secondary N) is 2. The monoisotopic (exact) mass is 218 g/mol. The summed E-state index contributed by atoms with van der Waals surface area (Å²) in [7, 11) is 0. The first-order valence-corrected chi connectivity index (χ1v) is 6.10. The lowest BCUT2D eigenvalue weighted by atomic mass is 9.91. The van der Waals surface area contributed by atoms with Crippen LogP contribution in [0.1, 0.15) is 36.9 Å². The molecular weight excluding hydrogens is 200 g/mol. The fraction of sp³-hybridized carbons (Fsp3) is 0.667. The maximum Gasteiger partial charge on any atom is 0.225 e. The summed E-state index contributed by atoms with van der Waals surface area (Å²) in [4.78, 5) is 9.06. The van der Waals surface area contributed by atoms with Gasteiger partial charge in [-0.05, 0) is 39.5 Å². The molecule has 86 valence electrons. The molecule has 0 radical (unpaired) electrons. The predicted octanol–water partition coefficient (Wildman–Crippen LogP) is 2.24. The van der Waals surface area contributed by atoms with Crippen LogP contribution in [0.4, 0.5) is 11.8 Å². The van der Waals surface area contributed by atoms with E-state index in [1.54, 1.807) is 0 Å². The van der Waals surface area contributed by atoms with Crippen LogP contribution in [0.25, 0.3) is 0 Å². The molecule has 0 atom stereocenters. The number of nitrogens with zero attached hydrogens (tertiary/aromatic N) is 2. The van der Waals surface area contributed by atoms with Crippen molar-refractivity contribution in [2.75, 3.05) is 10.6 Å². The first-order valence-electron chi connectivity index (χ1n) is 6.10. The summed E-state index contributed by atoms with van der Waals surface area (Å²) in [6.45, 7) is 4.14. The van der Waals surface area contributed by atoms with Gasteiger partial charge in [-0.15, -0.1) is 0 Å². The molecule has 16 heavy (non-hydrogen) atoms. The van der Waals surface area contributed by atoms with E-state index in [4.69, 9.17) is 0 Å². The Hall–Kier alpha value is -1.32. The van der Waals surface area contributed by atoms with Crippen molar-refractivity contribution in [3.8, 4) is 0 Å². The Labute approximate surface area is 95.9 Å². The highest BCUT2D eigenvalue weighted by molar-refractivity contribution is 5.51. The average molecular weight is 218 g/mol. The van der Waals surface area contributed by atoms with Crippen LogP contribution in [0.3, 0.4) is 0 Å². The Balaban J connectivity index is 2.05. The summed E-state index contributed by atoms with van der Waals surface area (Å²) in [6.07, 6.45) is 4.90. The molecule has 4 rings (SSSR count). The summed E-state index contributed by atoms with van der Waals surface area (Å²) in [5, 5.41) is 7.02. The van der Waals surface area contributed by atoms with Crippen molar-refractivity contribution >= 4 is 11.8 Å². The number of aromatic nitrogens is 2. The van der Waals surface area contributed by atoms with E-state index in [1.807, 2.05) is 6.92 Å². The molecule has 0 amide bonds. The third-order valence-electron chi connectivity index (χ3n) is 3.79. The van der Waals surface area contributed by atoms with E-state index >= 15 is 0 Å². The molecule has 2 aliphatic heterocycles. The maximum absolute atomic E-state index is 4.56. The SMILES string of the molecule is Cc1nc2nc(c1C)NC1CCC(CC1)N2. The van der Waals surface area contributed by atoms with E-state index < -0.39 is 0 Å². The zero-order valence-electron chi connectivity index (χ0n) is 9.88. The lowest BCUT2D eigenvalue weighted by Crippen LogP contribution is -2.31. The fourth-order valence-electron chi connectivity index (χ4n) is 2.59. The first-order chi connectivity index (χ1) is 7.72. The third-order valence-corrected chi connectivity index (χ3v) is 3.79. The van der Waals surface area contributed by atoms with Gasteiger partial charge in [0, 0.05) is 23.3 Å². The minimum atomic E-state index is 0.561. The second-order valence-electron chi connectivity index (χ2n) is 4.94. The summed E-state index contributed by atoms with van der Waals surface area (Å²) >= 11 is 0. The second kappa shape index (κ2) is 3.61. The Morgan fingerprint density at radius 3 is 2.25 bits per heavy atom. The molecule has 2 N–H and O–H groups in total. The minimum absolute atomic E-state index is 0.561. The number of aryl methyl sites for hydroxylation is 1. The third kappa shape index (κ3) is 1.62. The van der Waals surface area contributed by atoms with Crippen LogP contribution in [0.5, 0.6) is 0 Å². The first kappa shape index (κ1) is 9.87. The smallest absolute Gasteiger partial charge is 0.225 e. The van der Waals surface area contributed by atoms with Gasteiger partial charge in [-0.2, -0.15) is 4.98 Å². The summed E-state index contributed by atoms with van der Waals surface area (Å²) < 4.78 is 0. The van der Waals surface area contributed by atoms with Crippen LogP contribution in [0, 0.1) is 13.8 Å². The topological polar surface area (TPSA) is 49.8 Å². The van der Waals surface area contributed by atoms with E-state index in [2.05, 4.69) is 27.5 Å². The van der Waals surface area contributed by atoms with Crippen molar-refractivity contribution in [1.29, 1.82) is 0 Å². The van der Waals surface area contributed by atoms with E-state index in [0.717, 1.165) is 17.5 Å². The summed E-state index contributed by atoms with van der Waals surface area (Å²) in [5.41, 5.74) is 2.25. The van der Waals surface area contributed by atoms with E-state index in [9.17, 15) is 0 Å². The largest absolute Gasteiger partial charge is 0.367 e. The van der Waals surface area contributed by atoms with Crippen LogP contribution in [0.2, 0.25) is 0 Å². The van der Waals surface area contributed by atoms with Crippen molar-refractivity contribution in [2.45, 2.75) is 51.6 Å². The van der Waals surface area contributed by atoms with Crippen molar-refractivity contribution in [1.82, 2.24) is 9.97 Å². The lowest BCUT2D eigenvalue weighted by molar-refractivity contribution is 0.430. The molecule has 1 aromatic heterocycles. The maximum atomic E-state index is 4.56. The van der Waals surface area contributed by atoms with E-state index in [1.165, 1.54) is 31.2 Å². The molecule has 0 unspecified atom stereocenters. The molecule has 4 nitrogen and oxygen atoms in total. The highest BCUT2D eigenvalue weighted by Crippen LogP contribution is 2.28. The molecule has 1 fully saturated rings. The highest BCUT2D eigenvalue weighted by Gasteiger charge is 2.25. The van der Waals surface area contributed by atoms with Crippen LogP contribution in [0.15, 0.2) is 0 Å². The molecule has 3 aliphatic rings. The standard InChI is InChI=1S/C12H18N4/c1-7-8(2)13-12-15-10-5-3-9(4-6-10)14-11(7)16-12/h9-10H,3-6H2,1-2H3,(H2,13,14,15,16). The normalized spacial score (nSPS) is 27.4. The molecule has 4 heteroatoms. The van der Waals surface area contributed by atoms with Crippen LogP contribution in [-0.2, 0) is 0 Å². The van der Waals surface area contributed by atoms with Gasteiger partial charge in [0.25, 0.3) is 0 Å². The van der Waals surface area contributed by atoms with Gasteiger partial charge >= 0.3 is 0 Å². The van der Waals surface area contributed by atoms with Gasteiger partial charge in [0.1, 0.15) is 5.82 Å². The van der Waals surface area contributed by atoms with Crippen LogP contribution < -0.4 is 10.6 Å². The van der Waals surface area contributed by atoms with Crippen molar-refractivity contribution in [3.05, 3.63) is 11.3 Å². The molecule has 1 aliphatic carbocycles. The fourth-order valence-corrected chi connectivity index (χ4v) is 2.59. The van der Waals surface area contributed by atoms with Crippen LogP contribution >= 0.6 is 0 Å². The summed E-state index contributed by atoms with van der Waals surface area (Å²) in [6, 6.07) is 1.16. The Morgan fingerprint density at radius 2 is 1.56 bits per heavy atom. The van der Waals surface area contributed by atoms with Gasteiger partial charge in [-0.3, -0.25) is 0 Å². The molecule has 0 aromatic carbocycles. The second-order valence-corrected chi connectivity index (χ2v) is 4.94. The number of hydrogen-bond donors (Lipinski definition) is 2. The quantitative estimate of drug-likeness (QED) is 0.701.